The first kappa shape index (κ1) is 10.5. The molecule has 4 nitrogen and oxygen atoms in total. The van der Waals surface area contributed by atoms with Crippen molar-refractivity contribution < 1.29 is 9.53 Å². The zero-order valence-electron chi connectivity index (χ0n) is 8.43. The monoisotopic (exact) mass is 194 g/mol. The molecule has 0 aliphatic carbocycles. The molecule has 76 valence electrons. The van der Waals surface area contributed by atoms with Gasteiger partial charge in [-0.2, -0.15) is 0 Å². The predicted molar refractivity (Wildman–Crippen MR) is 54.1 cm³/mol. The van der Waals surface area contributed by atoms with Crippen LogP contribution in [-0.4, -0.2) is 31.2 Å². The number of likely N-dealkylation sites (N-methyl/N-ethyl adjacent to an activating group) is 1. The molecule has 0 N–H and O–H groups in total. The van der Waals surface area contributed by atoms with E-state index in [4.69, 9.17) is 4.74 Å². The molecule has 0 radical (unpaired) electrons. The van der Waals surface area contributed by atoms with Gasteiger partial charge in [0.05, 0.1) is 6.61 Å². The number of hydrogen-bond acceptors (Lipinski definition) is 4. The number of carbonyl (C=O) groups excluding carboxylic acids is 1. The number of esters is 1. The Hall–Kier alpha value is -1.58. The van der Waals surface area contributed by atoms with Gasteiger partial charge < -0.3 is 9.64 Å². The van der Waals surface area contributed by atoms with E-state index >= 15 is 0 Å². The number of nitrogens with zero attached hydrogens (tertiary/aromatic N) is 2. The molecule has 0 saturated carbocycles. The Morgan fingerprint density at radius 3 is 2.71 bits per heavy atom. The van der Waals surface area contributed by atoms with Crippen molar-refractivity contribution in [3.8, 4) is 0 Å². The highest BCUT2D eigenvalue weighted by molar-refractivity contribution is 5.75. The molecule has 4 heteroatoms. The van der Waals surface area contributed by atoms with E-state index in [0.717, 1.165) is 5.69 Å². The van der Waals surface area contributed by atoms with Gasteiger partial charge in [0.25, 0.3) is 0 Å². The quantitative estimate of drug-likeness (QED) is 0.673. The Balaban J connectivity index is 2.50. The second-order valence-electron chi connectivity index (χ2n) is 2.87. The lowest BCUT2D eigenvalue weighted by molar-refractivity contribution is -0.141. The highest BCUT2D eigenvalue weighted by atomic mass is 16.5. The lowest BCUT2D eigenvalue weighted by Crippen LogP contribution is -2.26. The first-order valence-corrected chi connectivity index (χ1v) is 4.51. The van der Waals surface area contributed by atoms with Crippen LogP contribution in [0.1, 0.15) is 6.92 Å². The van der Waals surface area contributed by atoms with Gasteiger partial charge in [-0.15, -0.1) is 0 Å². The van der Waals surface area contributed by atoms with Crippen LogP contribution >= 0.6 is 0 Å². The zero-order chi connectivity index (χ0) is 10.4. The maximum Gasteiger partial charge on any atom is 0.325 e. The van der Waals surface area contributed by atoms with Crippen LogP contribution in [0.5, 0.6) is 0 Å². The molecule has 0 saturated heterocycles. The molecular weight excluding hydrogens is 180 g/mol. The van der Waals surface area contributed by atoms with Crippen molar-refractivity contribution in [2.45, 2.75) is 6.92 Å². The van der Waals surface area contributed by atoms with E-state index in [2.05, 4.69) is 4.98 Å². The molecule has 1 rings (SSSR count). The number of aromatic nitrogens is 1. The maximum absolute atomic E-state index is 11.1. The van der Waals surface area contributed by atoms with Crippen LogP contribution in [-0.2, 0) is 9.53 Å². The fourth-order valence-corrected chi connectivity index (χ4v) is 1.09. The third-order valence-corrected chi connectivity index (χ3v) is 1.78. The van der Waals surface area contributed by atoms with Gasteiger partial charge >= 0.3 is 5.97 Å². The van der Waals surface area contributed by atoms with Crippen LogP contribution in [0.4, 0.5) is 5.69 Å². The van der Waals surface area contributed by atoms with Gasteiger partial charge in [0.15, 0.2) is 0 Å². The van der Waals surface area contributed by atoms with Gasteiger partial charge in [0.1, 0.15) is 6.54 Å². The molecule has 0 aromatic carbocycles. The second kappa shape index (κ2) is 5.21. The summed E-state index contributed by atoms with van der Waals surface area (Å²) in [4.78, 5) is 16.9. The molecule has 0 bridgehead atoms. The highest BCUT2D eigenvalue weighted by Gasteiger charge is 2.06. The maximum atomic E-state index is 11.1. The predicted octanol–water partition coefficient (Wildman–Crippen LogP) is 1.08. The fraction of sp³-hybridized carbons (Fsp3) is 0.400. The molecule has 0 aliphatic rings. The van der Waals surface area contributed by atoms with Crippen LogP contribution in [0.25, 0.3) is 0 Å². The number of hydrogen-bond donors (Lipinski definition) is 0. The van der Waals surface area contributed by atoms with Crippen molar-refractivity contribution in [3.63, 3.8) is 0 Å². The molecule has 1 aromatic rings. The largest absolute Gasteiger partial charge is 0.465 e. The Labute approximate surface area is 83.5 Å². The standard InChI is InChI=1S/C10H14N2O2/c1-3-14-10(13)8-12(2)9-4-6-11-7-5-9/h4-7H,3,8H2,1-2H3. The van der Waals surface area contributed by atoms with Crippen molar-refractivity contribution in [1.29, 1.82) is 0 Å². The van der Waals surface area contributed by atoms with E-state index in [1.807, 2.05) is 24.1 Å². The first-order chi connectivity index (χ1) is 6.74. The van der Waals surface area contributed by atoms with Gasteiger partial charge in [-0.1, -0.05) is 0 Å². The Kier molecular flexibility index (Phi) is 3.91. The Morgan fingerprint density at radius 1 is 1.50 bits per heavy atom. The van der Waals surface area contributed by atoms with Gasteiger partial charge in [-0.3, -0.25) is 9.78 Å². The Morgan fingerprint density at radius 2 is 2.14 bits per heavy atom. The summed E-state index contributed by atoms with van der Waals surface area (Å²) in [5, 5.41) is 0. The summed E-state index contributed by atoms with van der Waals surface area (Å²) in [6.45, 7) is 2.48. The summed E-state index contributed by atoms with van der Waals surface area (Å²) in [5.74, 6) is -0.216. The summed E-state index contributed by atoms with van der Waals surface area (Å²) in [5.41, 5.74) is 0.952. The van der Waals surface area contributed by atoms with Crippen LogP contribution in [0, 0.1) is 0 Å². The molecule has 1 aromatic heterocycles. The number of rotatable bonds is 4. The number of pyridine rings is 1. The van der Waals surface area contributed by atoms with Crippen LogP contribution < -0.4 is 4.90 Å². The molecule has 1 heterocycles. The van der Waals surface area contributed by atoms with E-state index in [0.29, 0.717) is 6.61 Å². The average molecular weight is 194 g/mol. The molecule has 0 fully saturated rings. The summed E-state index contributed by atoms with van der Waals surface area (Å²) < 4.78 is 4.84. The zero-order valence-corrected chi connectivity index (χ0v) is 8.43. The third kappa shape index (κ3) is 3.05. The molecule has 0 amide bonds. The summed E-state index contributed by atoms with van der Waals surface area (Å²) in [6, 6.07) is 3.69. The van der Waals surface area contributed by atoms with E-state index in [1.54, 1.807) is 19.3 Å². The lowest BCUT2D eigenvalue weighted by atomic mass is 10.3. The summed E-state index contributed by atoms with van der Waals surface area (Å²) in [6.07, 6.45) is 3.38. The van der Waals surface area contributed by atoms with E-state index < -0.39 is 0 Å². The average Bonchev–Trinajstić information content (AvgIpc) is 2.19. The van der Waals surface area contributed by atoms with Crippen LogP contribution in [0.3, 0.4) is 0 Å². The van der Waals surface area contributed by atoms with Gasteiger partial charge in [0.2, 0.25) is 0 Å². The van der Waals surface area contributed by atoms with Crippen molar-refractivity contribution in [2.24, 2.45) is 0 Å². The number of ether oxygens (including phenoxy) is 1. The van der Waals surface area contributed by atoms with Gasteiger partial charge in [-0.05, 0) is 19.1 Å². The van der Waals surface area contributed by atoms with E-state index in [-0.39, 0.29) is 12.5 Å². The van der Waals surface area contributed by atoms with Crippen LogP contribution in [0.2, 0.25) is 0 Å². The molecule has 0 unspecified atom stereocenters. The highest BCUT2D eigenvalue weighted by Crippen LogP contribution is 2.08. The molecule has 0 atom stereocenters. The third-order valence-electron chi connectivity index (χ3n) is 1.78. The normalized spacial score (nSPS) is 9.57. The molecular formula is C10H14N2O2. The topological polar surface area (TPSA) is 42.4 Å². The van der Waals surface area contributed by atoms with Crippen molar-refractivity contribution in [3.05, 3.63) is 24.5 Å². The van der Waals surface area contributed by atoms with Gasteiger partial charge in [-0.25, -0.2) is 0 Å². The van der Waals surface area contributed by atoms with Crippen molar-refractivity contribution >= 4 is 11.7 Å². The number of anilines is 1. The second-order valence-corrected chi connectivity index (χ2v) is 2.87. The van der Waals surface area contributed by atoms with Gasteiger partial charge in [0, 0.05) is 25.1 Å². The molecule has 0 aliphatic heterocycles. The molecule has 14 heavy (non-hydrogen) atoms. The fourth-order valence-electron chi connectivity index (χ4n) is 1.09. The van der Waals surface area contributed by atoms with Crippen molar-refractivity contribution in [1.82, 2.24) is 4.98 Å². The minimum atomic E-state index is -0.216. The summed E-state index contributed by atoms with van der Waals surface area (Å²) >= 11 is 0. The number of carbonyl (C=O) groups is 1. The smallest absolute Gasteiger partial charge is 0.325 e. The lowest BCUT2D eigenvalue weighted by Gasteiger charge is -2.17. The first-order valence-electron chi connectivity index (χ1n) is 4.51. The van der Waals surface area contributed by atoms with E-state index in [1.165, 1.54) is 0 Å². The Bertz CT molecular complexity index is 287. The minimum absolute atomic E-state index is 0.216. The van der Waals surface area contributed by atoms with E-state index in [9.17, 15) is 4.79 Å². The SMILES string of the molecule is CCOC(=O)CN(C)c1ccncc1. The summed E-state index contributed by atoms with van der Waals surface area (Å²) in [7, 11) is 1.84. The van der Waals surface area contributed by atoms with Crippen molar-refractivity contribution in [2.75, 3.05) is 25.1 Å². The minimum Gasteiger partial charge on any atom is -0.465 e. The molecule has 0 spiro atoms. The van der Waals surface area contributed by atoms with Crippen LogP contribution in [0.15, 0.2) is 24.5 Å².